The van der Waals surface area contributed by atoms with E-state index >= 15 is 0 Å². The van der Waals surface area contributed by atoms with Gasteiger partial charge in [0.05, 0.1) is 0 Å². The van der Waals surface area contributed by atoms with Crippen molar-refractivity contribution in [3.63, 3.8) is 0 Å². The molecule has 5 nitrogen and oxygen atoms in total. The average Bonchev–Trinajstić information content (AvgIpc) is 0.722. The molecule has 0 aromatic carbocycles. The minimum absolute atomic E-state index is 0. The zero-order valence-corrected chi connectivity index (χ0v) is 4.35. The molecule has 0 heterocycles. The van der Waals surface area contributed by atoms with Crippen molar-refractivity contribution >= 4 is 48.4 Å². The van der Waals surface area contributed by atoms with Gasteiger partial charge in [0.25, 0.3) is 0 Å². The van der Waals surface area contributed by atoms with Crippen LogP contribution < -0.4 is 0 Å². The zero-order valence-electron chi connectivity index (χ0n) is 2.79. The van der Waals surface area contributed by atoms with E-state index in [2.05, 4.69) is 0 Å². The first-order valence-electron chi connectivity index (χ1n) is 0.894. The Hall–Kier alpha value is 2.11. The van der Waals surface area contributed by atoms with Crippen molar-refractivity contribution in [2.24, 2.45) is 0 Å². The van der Waals surface area contributed by atoms with Crippen LogP contribution in [-0.2, 0) is 18.1 Å². The van der Waals surface area contributed by atoms with E-state index in [4.69, 9.17) is 14.8 Å². The van der Waals surface area contributed by atoms with Gasteiger partial charge in [-0.1, -0.05) is 0 Å². The van der Waals surface area contributed by atoms with Gasteiger partial charge in [-0.25, -0.2) is 0 Å². The summed E-state index contributed by atoms with van der Waals surface area (Å²) in [5.74, 6) is 0. The quantitative estimate of drug-likeness (QED) is 0.272. The van der Waals surface area contributed by atoms with Gasteiger partial charge in [-0.15, -0.1) is 0 Å². The molecule has 0 saturated heterocycles. The first kappa shape index (κ1) is 22.5. The first-order valence-corrected chi connectivity index (χ1v) is 3.69. The van der Waals surface area contributed by atoms with Gasteiger partial charge in [-0.05, 0) is 0 Å². The van der Waals surface area contributed by atoms with Crippen LogP contribution in [0.3, 0.4) is 0 Å². The Kier molecular flexibility index (Phi) is 25.6. The Morgan fingerprint density at radius 3 is 0.875 bits per heavy atom. The molecular formula is H8LiNaO5Ti. The fourth-order valence-corrected chi connectivity index (χ4v) is 0. The first-order chi connectivity index (χ1) is 2.00. The Bertz CT molecular complexity index is 27.9. The van der Waals surface area contributed by atoms with E-state index in [0.29, 0.717) is 0 Å². The zero-order chi connectivity index (χ0) is 4.50. The van der Waals surface area contributed by atoms with Crippen molar-refractivity contribution in [2.75, 3.05) is 0 Å². The maximum atomic E-state index is 7.38. The summed E-state index contributed by atoms with van der Waals surface area (Å²) in [7, 11) is 0. The van der Waals surface area contributed by atoms with Crippen LogP contribution >= 0.6 is 0 Å². The molecule has 0 aromatic rings. The molecule has 0 aromatic heterocycles. The van der Waals surface area contributed by atoms with E-state index in [9.17, 15) is 0 Å². The Morgan fingerprint density at radius 1 is 0.875 bits per heavy atom. The Labute approximate surface area is 85.8 Å². The summed E-state index contributed by atoms with van der Waals surface area (Å²) in [6.45, 7) is 0. The summed E-state index contributed by atoms with van der Waals surface area (Å²) in [5, 5.41) is 0. The summed E-state index contributed by atoms with van der Waals surface area (Å²) < 4.78 is 29.5. The van der Waals surface area contributed by atoms with Crippen LogP contribution in [0.25, 0.3) is 0 Å². The van der Waals surface area contributed by atoms with Crippen LogP contribution in [-0.4, -0.2) is 68.6 Å². The molecule has 0 unspecified atom stereocenters. The van der Waals surface area contributed by atoms with Crippen molar-refractivity contribution in [1.82, 2.24) is 0 Å². The van der Waals surface area contributed by atoms with Crippen LogP contribution in [0.5, 0.6) is 0 Å². The second-order valence-electron chi connectivity index (χ2n) is 0.600. The Morgan fingerprint density at radius 2 is 0.875 bits per heavy atom. The molecule has 0 aliphatic rings. The molecule has 0 saturated carbocycles. The number of hydrogen-bond donors (Lipinski definition) is 4. The van der Waals surface area contributed by atoms with Crippen molar-refractivity contribution in [1.29, 1.82) is 0 Å². The molecule has 0 amide bonds. The monoisotopic (exact) mass is 166 g/mol. The topological polar surface area (TPSA) is 112 Å². The third-order valence-corrected chi connectivity index (χ3v) is 0. The van der Waals surface area contributed by atoms with E-state index in [1.807, 2.05) is 0 Å². The summed E-state index contributed by atoms with van der Waals surface area (Å²) >= 11 is -5.00. The van der Waals surface area contributed by atoms with Crippen molar-refractivity contribution in [3.05, 3.63) is 0 Å². The van der Waals surface area contributed by atoms with Gasteiger partial charge in [0, 0.05) is 0 Å². The molecule has 6 N–H and O–H groups in total. The van der Waals surface area contributed by atoms with Crippen LogP contribution in [0.4, 0.5) is 0 Å². The van der Waals surface area contributed by atoms with E-state index in [1.54, 1.807) is 0 Å². The van der Waals surface area contributed by atoms with Crippen LogP contribution in [0.2, 0.25) is 0 Å². The number of hydrogen-bond acceptors (Lipinski definition) is 4. The molecule has 8 heteroatoms. The van der Waals surface area contributed by atoms with Crippen LogP contribution in [0.15, 0.2) is 0 Å². The third kappa shape index (κ3) is 92.0. The van der Waals surface area contributed by atoms with Gasteiger partial charge in [0.2, 0.25) is 0 Å². The predicted octanol–water partition coefficient (Wildman–Crippen LogP) is -4.35. The van der Waals surface area contributed by atoms with E-state index < -0.39 is 18.1 Å². The fraction of sp³-hybridized carbons (Fsp3) is 0. The third-order valence-electron chi connectivity index (χ3n) is 0. The van der Waals surface area contributed by atoms with E-state index in [1.165, 1.54) is 0 Å². The van der Waals surface area contributed by atoms with Gasteiger partial charge in [-0.2, -0.15) is 0 Å². The maximum absolute atomic E-state index is 7.38. The SMILES string of the molecule is O.[LiH].[NaH].[OH][Ti]([OH])([OH])[OH]. The molecule has 0 aliphatic carbocycles. The van der Waals surface area contributed by atoms with E-state index in [-0.39, 0.29) is 53.9 Å². The summed E-state index contributed by atoms with van der Waals surface area (Å²) in [6.07, 6.45) is 0. The van der Waals surface area contributed by atoms with Crippen molar-refractivity contribution < 1.29 is 38.4 Å². The molecule has 0 bridgehead atoms. The van der Waals surface area contributed by atoms with Crippen molar-refractivity contribution in [3.8, 4) is 0 Å². The van der Waals surface area contributed by atoms with Gasteiger partial charge < -0.3 is 5.48 Å². The van der Waals surface area contributed by atoms with Crippen LogP contribution in [0.1, 0.15) is 0 Å². The molecule has 0 atom stereocenters. The van der Waals surface area contributed by atoms with Gasteiger partial charge in [0.1, 0.15) is 0 Å². The van der Waals surface area contributed by atoms with Crippen LogP contribution in [0, 0.1) is 0 Å². The Balaban J connectivity index is -0.0000000267. The van der Waals surface area contributed by atoms with Gasteiger partial charge in [0.15, 0.2) is 0 Å². The fourth-order valence-electron chi connectivity index (χ4n) is 0. The molecule has 0 radical (unpaired) electrons. The normalized spacial score (nSPS) is 7.50. The summed E-state index contributed by atoms with van der Waals surface area (Å²) in [4.78, 5) is 0. The second kappa shape index (κ2) is 9.11. The van der Waals surface area contributed by atoms with Crippen molar-refractivity contribution in [2.45, 2.75) is 0 Å². The predicted molar refractivity (Wildman–Crippen MR) is 26.8 cm³/mol. The molecule has 8 heavy (non-hydrogen) atoms. The molecular weight excluding hydrogens is 158 g/mol. The molecule has 0 fully saturated rings. The number of rotatable bonds is 0. The second-order valence-corrected chi connectivity index (χ2v) is 2.47. The molecule has 0 spiro atoms. The summed E-state index contributed by atoms with van der Waals surface area (Å²) in [5.41, 5.74) is 0. The molecule has 44 valence electrons. The van der Waals surface area contributed by atoms with Gasteiger partial charge in [-0.3, -0.25) is 0 Å². The summed E-state index contributed by atoms with van der Waals surface area (Å²) in [6, 6.07) is 0. The standard InChI is InChI=1S/Li.Na.5H2O.Ti.2H/h;;5*1H2;;;/q;;;;;;;+4;;/p-4. The average molecular weight is 166 g/mol. The minimum atomic E-state index is -5.00. The molecule has 0 aliphatic heterocycles. The van der Waals surface area contributed by atoms with Gasteiger partial charge >= 0.3 is 81.3 Å². The van der Waals surface area contributed by atoms with E-state index in [0.717, 1.165) is 0 Å². The molecule has 0 rings (SSSR count).